The van der Waals surface area contributed by atoms with E-state index in [0.29, 0.717) is 6.42 Å². The van der Waals surface area contributed by atoms with Gasteiger partial charge in [0.15, 0.2) is 0 Å². The van der Waals surface area contributed by atoms with E-state index in [2.05, 4.69) is 10.9 Å². The lowest BCUT2D eigenvalue weighted by atomic mass is 10.3. The van der Waals surface area contributed by atoms with Gasteiger partial charge in [-0.25, -0.2) is 4.98 Å². The van der Waals surface area contributed by atoms with Crippen LogP contribution in [0.3, 0.4) is 0 Å². The summed E-state index contributed by atoms with van der Waals surface area (Å²) in [7, 11) is 0. The monoisotopic (exact) mass is 192 g/mol. The largest absolute Gasteiger partial charge is 0.371 e. The molecule has 0 saturated carbocycles. The number of pyridine rings is 1. The van der Waals surface area contributed by atoms with Crippen molar-refractivity contribution in [1.82, 2.24) is 4.98 Å². The molecule has 14 heavy (non-hydrogen) atoms. The van der Waals surface area contributed by atoms with Crippen LogP contribution < -0.4 is 4.90 Å². The standard InChI is InChI=1S/C11H13FN2/c1-3-5-8-14(4-2)10-6-7-13-11(12)9-10/h1,6-7,9H,4-5,8H2,2H3. The fourth-order valence-electron chi connectivity index (χ4n) is 1.26. The Morgan fingerprint density at radius 3 is 3.00 bits per heavy atom. The highest BCUT2D eigenvalue weighted by molar-refractivity contribution is 5.44. The molecular weight excluding hydrogens is 179 g/mol. The predicted octanol–water partition coefficient (Wildman–Crippen LogP) is 2.07. The zero-order valence-corrected chi connectivity index (χ0v) is 8.20. The molecule has 0 aliphatic carbocycles. The third-order valence-corrected chi connectivity index (χ3v) is 1.98. The van der Waals surface area contributed by atoms with E-state index >= 15 is 0 Å². The van der Waals surface area contributed by atoms with Crippen LogP contribution in [0.25, 0.3) is 0 Å². The fraction of sp³-hybridized carbons (Fsp3) is 0.364. The first-order chi connectivity index (χ1) is 6.77. The second kappa shape index (κ2) is 5.23. The first-order valence-electron chi connectivity index (χ1n) is 4.58. The molecule has 0 aliphatic heterocycles. The number of hydrogen-bond acceptors (Lipinski definition) is 2. The molecule has 1 aromatic heterocycles. The van der Waals surface area contributed by atoms with Gasteiger partial charge >= 0.3 is 0 Å². The van der Waals surface area contributed by atoms with Crippen LogP contribution in [0, 0.1) is 18.3 Å². The molecule has 0 bridgehead atoms. The van der Waals surface area contributed by atoms with Gasteiger partial charge in [-0.15, -0.1) is 12.3 Å². The average molecular weight is 192 g/mol. The molecule has 0 radical (unpaired) electrons. The van der Waals surface area contributed by atoms with Gasteiger partial charge in [-0.05, 0) is 13.0 Å². The minimum absolute atomic E-state index is 0.457. The molecular formula is C11H13FN2. The minimum Gasteiger partial charge on any atom is -0.371 e. The van der Waals surface area contributed by atoms with E-state index < -0.39 is 5.95 Å². The van der Waals surface area contributed by atoms with Gasteiger partial charge in [0, 0.05) is 37.5 Å². The summed E-state index contributed by atoms with van der Waals surface area (Å²) in [5.74, 6) is 2.11. The van der Waals surface area contributed by atoms with Crippen molar-refractivity contribution in [3.8, 4) is 12.3 Å². The number of rotatable bonds is 4. The second-order valence-corrected chi connectivity index (χ2v) is 2.87. The first kappa shape index (κ1) is 10.5. The number of nitrogens with zero attached hydrogens (tertiary/aromatic N) is 2. The number of anilines is 1. The highest BCUT2D eigenvalue weighted by Crippen LogP contribution is 2.13. The molecule has 0 aliphatic rings. The third kappa shape index (κ3) is 2.74. The predicted molar refractivity (Wildman–Crippen MR) is 55.5 cm³/mol. The maximum Gasteiger partial charge on any atom is 0.214 e. The molecule has 3 heteroatoms. The van der Waals surface area contributed by atoms with Crippen LogP contribution in [0.2, 0.25) is 0 Å². The summed E-state index contributed by atoms with van der Waals surface area (Å²) in [6, 6.07) is 3.20. The summed E-state index contributed by atoms with van der Waals surface area (Å²) < 4.78 is 12.8. The van der Waals surface area contributed by atoms with Crippen LogP contribution in [-0.2, 0) is 0 Å². The Bertz CT molecular complexity index is 330. The quantitative estimate of drug-likeness (QED) is 0.536. The number of terminal acetylenes is 1. The maximum atomic E-state index is 12.8. The van der Waals surface area contributed by atoms with Crippen molar-refractivity contribution >= 4 is 5.69 Å². The third-order valence-electron chi connectivity index (χ3n) is 1.98. The van der Waals surface area contributed by atoms with E-state index in [0.717, 1.165) is 18.8 Å². The Labute approximate surface area is 83.8 Å². The first-order valence-corrected chi connectivity index (χ1v) is 4.58. The maximum absolute atomic E-state index is 12.8. The Morgan fingerprint density at radius 1 is 1.64 bits per heavy atom. The van der Waals surface area contributed by atoms with Gasteiger partial charge < -0.3 is 4.90 Å². The van der Waals surface area contributed by atoms with E-state index in [1.54, 1.807) is 6.07 Å². The highest BCUT2D eigenvalue weighted by Gasteiger charge is 2.03. The number of hydrogen-bond donors (Lipinski definition) is 0. The SMILES string of the molecule is C#CCCN(CC)c1ccnc(F)c1. The van der Waals surface area contributed by atoms with Crippen molar-refractivity contribution in [2.24, 2.45) is 0 Å². The van der Waals surface area contributed by atoms with Gasteiger partial charge in [0.05, 0.1) is 0 Å². The van der Waals surface area contributed by atoms with Crippen molar-refractivity contribution < 1.29 is 4.39 Å². The molecule has 0 amide bonds. The lowest BCUT2D eigenvalue weighted by molar-refractivity contribution is 0.583. The van der Waals surface area contributed by atoms with Crippen LogP contribution in [0.15, 0.2) is 18.3 Å². The molecule has 1 rings (SSSR count). The Morgan fingerprint density at radius 2 is 2.43 bits per heavy atom. The second-order valence-electron chi connectivity index (χ2n) is 2.87. The lowest BCUT2D eigenvalue weighted by Crippen LogP contribution is -2.23. The Balaban J connectivity index is 2.74. The van der Waals surface area contributed by atoms with Crippen molar-refractivity contribution in [1.29, 1.82) is 0 Å². The summed E-state index contributed by atoms with van der Waals surface area (Å²) in [6.07, 6.45) is 7.30. The van der Waals surface area contributed by atoms with Gasteiger partial charge in [0.25, 0.3) is 0 Å². The Hall–Kier alpha value is -1.56. The molecule has 0 spiro atoms. The van der Waals surface area contributed by atoms with Crippen LogP contribution >= 0.6 is 0 Å². The van der Waals surface area contributed by atoms with Gasteiger partial charge in [0.2, 0.25) is 5.95 Å². The number of aromatic nitrogens is 1. The molecule has 0 aromatic carbocycles. The fourth-order valence-corrected chi connectivity index (χ4v) is 1.26. The van der Waals surface area contributed by atoms with Gasteiger partial charge in [0.1, 0.15) is 0 Å². The number of halogens is 1. The van der Waals surface area contributed by atoms with E-state index in [1.807, 2.05) is 11.8 Å². The van der Waals surface area contributed by atoms with E-state index in [4.69, 9.17) is 6.42 Å². The molecule has 0 atom stereocenters. The molecule has 0 fully saturated rings. The van der Waals surface area contributed by atoms with E-state index in [9.17, 15) is 4.39 Å². The van der Waals surface area contributed by atoms with Crippen LogP contribution in [0.5, 0.6) is 0 Å². The van der Waals surface area contributed by atoms with Crippen molar-refractivity contribution in [2.75, 3.05) is 18.0 Å². The molecule has 0 saturated heterocycles. The van der Waals surface area contributed by atoms with Crippen molar-refractivity contribution in [3.05, 3.63) is 24.3 Å². The summed E-state index contributed by atoms with van der Waals surface area (Å²) >= 11 is 0. The van der Waals surface area contributed by atoms with E-state index in [-0.39, 0.29) is 0 Å². The zero-order chi connectivity index (χ0) is 10.4. The zero-order valence-electron chi connectivity index (χ0n) is 8.20. The van der Waals surface area contributed by atoms with Crippen molar-refractivity contribution in [2.45, 2.75) is 13.3 Å². The topological polar surface area (TPSA) is 16.1 Å². The summed E-state index contributed by atoms with van der Waals surface area (Å²) in [5.41, 5.74) is 0.829. The minimum atomic E-state index is -0.457. The summed E-state index contributed by atoms with van der Waals surface area (Å²) in [6.45, 7) is 3.57. The lowest BCUT2D eigenvalue weighted by Gasteiger charge is -2.21. The summed E-state index contributed by atoms with van der Waals surface area (Å²) in [5, 5.41) is 0. The van der Waals surface area contributed by atoms with Gasteiger partial charge in [-0.2, -0.15) is 4.39 Å². The van der Waals surface area contributed by atoms with Gasteiger partial charge in [-0.3, -0.25) is 0 Å². The molecule has 2 nitrogen and oxygen atoms in total. The Kier molecular flexibility index (Phi) is 3.93. The molecule has 1 heterocycles. The summed E-state index contributed by atoms with van der Waals surface area (Å²) in [4.78, 5) is 5.52. The van der Waals surface area contributed by atoms with Gasteiger partial charge in [-0.1, -0.05) is 0 Å². The van der Waals surface area contributed by atoms with Crippen LogP contribution in [0.1, 0.15) is 13.3 Å². The molecule has 74 valence electrons. The van der Waals surface area contributed by atoms with E-state index in [1.165, 1.54) is 12.3 Å². The van der Waals surface area contributed by atoms with Crippen LogP contribution in [0.4, 0.5) is 10.1 Å². The van der Waals surface area contributed by atoms with Crippen LogP contribution in [-0.4, -0.2) is 18.1 Å². The van der Waals surface area contributed by atoms with Crippen molar-refractivity contribution in [3.63, 3.8) is 0 Å². The molecule has 0 N–H and O–H groups in total. The molecule has 1 aromatic rings. The average Bonchev–Trinajstić information content (AvgIpc) is 2.19. The normalized spacial score (nSPS) is 9.50. The smallest absolute Gasteiger partial charge is 0.214 e. The highest BCUT2D eigenvalue weighted by atomic mass is 19.1. The molecule has 0 unspecified atom stereocenters.